The quantitative estimate of drug-likeness (QED) is 0.935. The highest BCUT2D eigenvalue weighted by Crippen LogP contribution is 2.24. The van der Waals surface area contributed by atoms with E-state index in [2.05, 4.69) is 0 Å². The molecule has 0 radical (unpaired) electrons. The third-order valence-corrected chi connectivity index (χ3v) is 3.14. The number of carbonyl (C=O) groups excluding carboxylic acids is 1. The molecular formula is C14H11Cl2NO2. The van der Waals surface area contributed by atoms with Crippen LogP contribution in [-0.2, 0) is 6.61 Å². The van der Waals surface area contributed by atoms with E-state index in [0.29, 0.717) is 21.4 Å². The van der Waals surface area contributed by atoms with E-state index < -0.39 is 5.91 Å². The maximum atomic E-state index is 11.2. The molecule has 0 aliphatic rings. The second-order valence-corrected chi connectivity index (χ2v) is 4.73. The molecule has 3 nitrogen and oxygen atoms in total. The van der Waals surface area contributed by atoms with Gasteiger partial charge in [0, 0.05) is 15.6 Å². The zero-order valence-electron chi connectivity index (χ0n) is 9.90. The number of amides is 1. The van der Waals surface area contributed by atoms with Crippen molar-refractivity contribution in [2.45, 2.75) is 6.61 Å². The van der Waals surface area contributed by atoms with E-state index in [1.807, 2.05) is 0 Å². The summed E-state index contributed by atoms with van der Waals surface area (Å²) in [6.45, 7) is 0.236. The Morgan fingerprint density at radius 3 is 2.58 bits per heavy atom. The number of nitrogens with two attached hydrogens (primary N) is 1. The van der Waals surface area contributed by atoms with Crippen molar-refractivity contribution >= 4 is 29.1 Å². The van der Waals surface area contributed by atoms with E-state index in [1.165, 1.54) is 0 Å². The molecule has 0 spiro atoms. The van der Waals surface area contributed by atoms with Crippen LogP contribution in [0.2, 0.25) is 10.0 Å². The zero-order valence-corrected chi connectivity index (χ0v) is 11.4. The van der Waals surface area contributed by atoms with Gasteiger partial charge in [-0.3, -0.25) is 4.79 Å². The largest absolute Gasteiger partial charge is 0.488 e. The van der Waals surface area contributed by atoms with Crippen molar-refractivity contribution in [2.24, 2.45) is 5.73 Å². The van der Waals surface area contributed by atoms with Gasteiger partial charge >= 0.3 is 0 Å². The normalized spacial score (nSPS) is 10.2. The first-order valence-electron chi connectivity index (χ1n) is 5.53. The van der Waals surface area contributed by atoms with Gasteiger partial charge in [-0.2, -0.15) is 0 Å². The molecule has 2 aromatic rings. The summed E-state index contributed by atoms with van der Waals surface area (Å²) in [6.07, 6.45) is 0. The summed E-state index contributed by atoms with van der Waals surface area (Å²) in [6, 6.07) is 11.9. The van der Waals surface area contributed by atoms with Crippen LogP contribution in [0.4, 0.5) is 0 Å². The summed E-state index contributed by atoms with van der Waals surface area (Å²) in [5, 5.41) is 1.08. The monoisotopic (exact) mass is 295 g/mol. The fourth-order valence-corrected chi connectivity index (χ4v) is 2.05. The lowest BCUT2D eigenvalue weighted by Gasteiger charge is -2.10. The smallest absolute Gasteiger partial charge is 0.252 e. The molecule has 0 saturated heterocycles. The minimum atomic E-state index is -0.530. The first kappa shape index (κ1) is 13.7. The number of hydrogen-bond donors (Lipinski definition) is 1. The van der Waals surface area contributed by atoms with E-state index in [9.17, 15) is 4.79 Å². The molecule has 2 rings (SSSR count). The van der Waals surface area contributed by atoms with Crippen LogP contribution in [0.1, 0.15) is 15.9 Å². The van der Waals surface area contributed by atoms with Gasteiger partial charge in [-0.25, -0.2) is 0 Å². The van der Waals surface area contributed by atoms with Gasteiger partial charge in [-0.1, -0.05) is 41.4 Å². The zero-order chi connectivity index (χ0) is 13.8. The first-order valence-corrected chi connectivity index (χ1v) is 6.29. The third-order valence-electron chi connectivity index (χ3n) is 2.55. The fraction of sp³-hybridized carbons (Fsp3) is 0.0714. The predicted octanol–water partition coefficient (Wildman–Crippen LogP) is 3.67. The van der Waals surface area contributed by atoms with Crippen molar-refractivity contribution in [3.05, 3.63) is 63.6 Å². The van der Waals surface area contributed by atoms with E-state index in [1.54, 1.807) is 42.5 Å². The minimum absolute atomic E-state index is 0.236. The summed E-state index contributed by atoms with van der Waals surface area (Å²) in [5.41, 5.74) is 6.39. The Labute approximate surface area is 120 Å². The molecule has 0 aliphatic heterocycles. The van der Waals surface area contributed by atoms with Gasteiger partial charge in [0.1, 0.15) is 12.4 Å². The van der Waals surface area contributed by atoms with Crippen LogP contribution in [0, 0.1) is 0 Å². The molecule has 2 aromatic carbocycles. The van der Waals surface area contributed by atoms with Crippen molar-refractivity contribution in [1.29, 1.82) is 0 Å². The second-order valence-electron chi connectivity index (χ2n) is 3.88. The number of para-hydroxylation sites is 1. The summed E-state index contributed by atoms with van der Waals surface area (Å²) in [5.74, 6) is -0.0983. The van der Waals surface area contributed by atoms with Crippen molar-refractivity contribution in [3.8, 4) is 5.75 Å². The van der Waals surface area contributed by atoms with E-state index in [-0.39, 0.29) is 6.61 Å². The SMILES string of the molecule is NC(=O)c1ccccc1OCc1ccc(Cl)cc1Cl. The van der Waals surface area contributed by atoms with Gasteiger partial charge in [0.25, 0.3) is 5.91 Å². The molecule has 0 heterocycles. The van der Waals surface area contributed by atoms with Crippen LogP contribution < -0.4 is 10.5 Å². The number of primary amides is 1. The Kier molecular flexibility index (Phi) is 4.30. The van der Waals surface area contributed by atoms with Gasteiger partial charge in [0.15, 0.2) is 0 Å². The lowest BCUT2D eigenvalue weighted by Crippen LogP contribution is -2.12. The molecule has 5 heteroatoms. The minimum Gasteiger partial charge on any atom is -0.488 e. The Morgan fingerprint density at radius 2 is 1.89 bits per heavy atom. The topological polar surface area (TPSA) is 52.3 Å². The van der Waals surface area contributed by atoms with E-state index in [0.717, 1.165) is 5.56 Å². The van der Waals surface area contributed by atoms with Gasteiger partial charge in [-0.15, -0.1) is 0 Å². The molecule has 0 aliphatic carbocycles. The molecule has 0 aromatic heterocycles. The van der Waals surface area contributed by atoms with Gasteiger partial charge in [-0.05, 0) is 24.3 Å². The van der Waals surface area contributed by atoms with Crippen LogP contribution in [0.3, 0.4) is 0 Å². The molecule has 0 atom stereocenters. The van der Waals surface area contributed by atoms with Crippen LogP contribution in [0.25, 0.3) is 0 Å². The highest BCUT2D eigenvalue weighted by atomic mass is 35.5. The molecule has 0 saturated carbocycles. The van der Waals surface area contributed by atoms with Gasteiger partial charge in [0.05, 0.1) is 5.56 Å². The lowest BCUT2D eigenvalue weighted by molar-refractivity contribution is 0.0996. The number of ether oxygens (including phenoxy) is 1. The van der Waals surface area contributed by atoms with E-state index >= 15 is 0 Å². The van der Waals surface area contributed by atoms with Crippen molar-refractivity contribution in [3.63, 3.8) is 0 Å². The number of hydrogen-bond acceptors (Lipinski definition) is 2. The molecule has 19 heavy (non-hydrogen) atoms. The number of halogens is 2. The molecule has 0 bridgehead atoms. The standard InChI is InChI=1S/C14H11Cl2NO2/c15-10-6-5-9(12(16)7-10)8-19-13-4-2-1-3-11(13)14(17)18/h1-7H,8H2,(H2,17,18). The van der Waals surface area contributed by atoms with Crippen LogP contribution in [0.15, 0.2) is 42.5 Å². The second kappa shape index (κ2) is 5.95. The predicted molar refractivity (Wildman–Crippen MR) is 75.8 cm³/mol. The highest BCUT2D eigenvalue weighted by Gasteiger charge is 2.09. The molecular weight excluding hydrogens is 285 g/mol. The first-order chi connectivity index (χ1) is 9.08. The van der Waals surface area contributed by atoms with Crippen LogP contribution >= 0.6 is 23.2 Å². The van der Waals surface area contributed by atoms with Gasteiger partial charge < -0.3 is 10.5 Å². The Balaban J connectivity index is 2.17. The Morgan fingerprint density at radius 1 is 1.16 bits per heavy atom. The molecule has 0 fully saturated rings. The number of carbonyl (C=O) groups is 1. The van der Waals surface area contributed by atoms with Crippen molar-refractivity contribution in [2.75, 3.05) is 0 Å². The van der Waals surface area contributed by atoms with Crippen LogP contribution in [0.5, 0.6) is 5.75 Å². The average Bonchev–Trinajstić information content (AvgIpc) is 2.38. The van der Waals surface area contributed by atoms with Gasteiger partial charge in [0.2, 0.25) is 0 Å². The van der Waals surface area contributed by atoms with Crippen molar-refractivity contribution in [1.82, 2.24) is 0 Å². The summed E-state index contributed by atoms with van der Waals surface area (Å²) < 4.78 is 5.58. The van der Waals surface area contributed by atoms with Crippen molar-refractivity contribution < 1.29 is 9.53 Å². The third kappa shape index (κ3) is 3.40. The summed E-state index contributed by atoms with van der Waals surface area (Å²) in [7, 11) is 0. The summed E-state index contributed by atoms with van der Waals surface area (Å²) >= 11 is 11.9. The Hall–Kier alpha value is -1.71. The maximum Gasteiger partial charge on any atom is 0.252 e. The molecule has 2 N–H and O–H groups in total. The molecule has 0 unspecified atom stereocenters. The number of rotatable bonds is 4. The van der Waals surface area contributed by atoms with Crippen LogP contribution in [-0.4, -0.2) is 5.91 Å². The molecule has 98 valence electrons. The fourth-order valence-electron chi connectivity index (χ4n) is 1.59. The maximum absolute atomic E-state index is 11.2. The summed E-state index contributed by atoms with van der Waals surface area (Å²) in [4.78, 5) is 11.2. The lowest BCUT2D eigenvalue weighted by atomic mass is 10.2. The number of benzene rings is 2. The highest BCUT2D eigenvalue weighted by molar-refractivity contribution is 6.35. The Bertz CT molecular complexity index is 614. The van der Waals surface area contributed by atoms with E-state index in [4.69, 9.17) is 33.7 Å². The average molecular weight is 296 g/mol. The molecule has 1 amide bonds.